The molecule has 3 nitrogen and oxygen atoms in total. The molecule has 0 spiro atoms. The van der Waals surface area contributed by atoms with E-state index in [1.54, 1.807) is 18.2 Å². The van der Waals surface area contributed by atoms with Crippen LogP contribution in [-0.2, 0) is 15.7 Å². The molecular formula is C11H14Cl2O3S. The average Bonchev–Trinajstić information content (AvgIpc) is 2.24. The highest BCUT2D eigenvalue weighted by molar-refractivity contribution is 7.90. The molecule has 1 rings (SSSR count). The van der Waals surface area contributed by atoms with Gasteiger partial charge in [-0.25, -0.2) is 8.42 Å². The summed E-state index contributed by atoms with van der Waals surface area (Å²) in [6.45, 7) is 0.346. The Balaban J connectivity index is 2.52. The average molecular weight is 297 g/mol. The monoisotopic (exact) mass is 296 g/mol. The first-order valence-corrected chi connectivity index (χ1v) is 8.04. The molecule has 0 aliphatic carbocycles. The van der Waals surface area contributed by atoms with Gasteiger partial charge in [-0.15, -0.1) is 11.6 Å². The molecule has 0 heterocycles. The number of hydrogen-bond acceptors (Lipinski definition) is 3. The third kappa shape index (κ3) is 5.61. The van der Waals surface area contributed by atoms with Crippen molar-refractivity contribution in [3.63, 3.8) is 0 Å². The van der Waals surface area contributed by atoms with Gasteiger partial charge in [0, 0.05) is 16.8 Å². The number of alkyl halides is 1. The summed E-state index contributed by atoms with van der Waals surface area (Å²) in [6.07, 6.45) is 1.67. The van der Waals surface area contributed by atoms with Crippen molar-refractivity contribution in [2.75, 3.05) is 18.6 Å². The van der Waals surface area contributed by atoms with Crippen LogP contribution in [0, 0.1) is 0 Å². The maximum atomic E-state index is 10.9. The van der Waals surface area contributed by atoms with Crippen LogP contribution < -0.4 is 4.74 Å². The molecule has 96 valence electrons. The van der Waals surface area contributed by atoms with Gasteiger partial charge in [0.2, 0.25) is 0 Å². The van der Waals surface area contributed by atoms with Gasteiger partial charge in [-0.2, -0.15) is 0 Å². The predicted octanol–water partition coefficient (Wildman–Crippen LogP) is 2.89. The van der Waals surface area contributed by atoms with E-state index in [0.29, 0.717) is 29.7 Å². The normalized spacial score (nSPS) is 11.5. The molecule has 6 heteroatoms. The van der Waals surface area contributed by atoms with Crippen molar-refractivity contribution < 1.29 is 13.2 Å². The highest BCUT2D eigenvalue weighted by Crippen LogP contribution is 2.24. The van der Waals surface area contributed by atoms with E-state index in [1.165, 1.54) is 6.26 Å². The SMILES string of the molecule is CS(=O)(=O)CCCOc1ccc(Cl)cc1CCl. The first-order valence-electron chi connectivity index (χ1n) is 5.07. The zero-order valence-electron chi connectivity index (χ0n) is 9.45. The van der Waals surface area contributed by atoms with Crippen molar-refractivity contribution >= 4 is 33.0 Å². The van der Waals surface area contributed by atoms with Crippen LogP contribution >= 0.6 is 23.2 Å². The lowest BCUT2D eigenvalue weighted by Crippen LogP contribution is -2.08. The largest absolute Gasteiger partial charge is 0.493 e. The lowest BCUT2D eigenvalue weighted by molar-refractivity contribution is 0.315. The maximum absolute atomic E-state index is 10.9. The van der Waals surface area contributed by atoms with Crippen molar-refractivity contribution in [2.45, 2.75) is 12.3 Å². The van der Waals surface area contributed by atoms with Gasteiger partial charge in [-0.3, -0.25) is 0 Å². The number of ether oxygens (including phenoxy) is 1. The number of rotatable bonds is 6. The molecule has 1 aromatic rings. The van der Waals surface area contributed by atoms with Crippen LogP contribution in [0.25, 0.3) is 0 Å². The van der Waals surface area contributed by atoms with Crippen LogP contribution in [0.15, 0.2) is 18.2 Å². The molecule has 1 aromatic carbocycles. The van der Waals surface area contributed by atoms with Crippen LogP contribution in [0.4, 0.5) is 0 Å². The fourth-order valence-electron chi connectivity index (χ4n) is 1.30. The number of hydrogen-bond donors (Lipinski definition) is 0. The summed E-state index contributed by atoms with van der Waals surface area (Å²) in [5.41, 5.74) is 0.804. The van der Waals surface area contributed by atoms with Crippen molar-refractivity contribution in [2.24, 2.45) is 0 Å². The fourth-order valence-corrected chi connectivity index (χ4v) is 2.34. The molecule has 0 saturated carbocycles. The van der Waals surface area contributed by atoms with Gasteiger partial charge in [0.1, 0.15) is 15.6 Å². The molecule has 0 saturated heterocycles. The smallest absolute Gasteiger partial charge is 0.147 e. The molecule has 0 aliphatic rings. The summed E-state index contributed by atoms with van der Waals surface area (Å²) < 4.78 is 27.3. The number of benzene rings is 1. The maximum Gasteiger partial charge on any atom is 0.147 e. The van der Waals surface area contributed by atoms with Gasteiger partial charge < -0.3 is 4.74 Å². The Kier molecular flexibility index (Phi) is 5.56. The Labute approximate surface area is 112 Å². The molecule has 0 bridgehead atoms. The van der Waals surface area contributed by atoms with Gasteiger partial charge >= 0.3 is 0 Å². The molecule has 0 radical (unpaired) electrons. The van der Waals surface area contributed by atoms with Crippen LogP contribution in [0.5, 0.6) is 5.75 Å². The minimum atomic E-state index is -2.93. The first kappa shape index (κ1) is 14.6. The summed E-state index contributed by atoms with van der Waals surface area (Å²) >= 11 is 11.6. The lowest BCUT2D eigenvalue weighted by Gasteiger charge is -2.09. The molecule has 0 aliphatic heterocycles. The summed E-state index contributed by atoms with van der Waals surface area (Å²) in [4.78, 5) is 0. The molecular weight excluding hydrogens is 283 g/mol. The second-order valence-electron chi connectivity index (χ2n) is 3.72. The highest BCUT2D eigenvalue weighted by atomic mass is 35.5. The zero-order valence-corrected chi connectivity index (χ0v) is 11.8. The van der Waals surface area contributed by atoms with E-state index in [2.05, 4.69) is 0 Å². The second-order valence-corrected chi connectivity index (χ2v) is 6.68. The van der Waals surface area contributed by atoms with Crippen LogP contribution in [-0.4, -0.2) is 27.0 Å². The first-order chi connectivity index (χ1) is 7.92. The third-order valence-electron chi connectivity index (χ3n) is 2.08. The third-order valence-corrected chi connectivity index (χ3v) is 3.64. The van der Waals surface area contributed by atoms with Gasteiger partial charge in [-0.1, -0.05) is 11.6 Å². The summed E-state index contributed by atoms with van der Waals surface area (Å²) in [7, 11) is -2.93. The molecule has 0 unspecified atom stereocenters. The van der Waals surface area contributed by atoms with E-state index >= 15 is 0 Å². The Morgan fingerprint density at radius 2 is 2.06 bits per heavy atom. The molecule has 0 fully saturated rings. The van der Waals surface area contributed by atoms with Gasteiger partial charge in [0.05, 0.1) is 18.2 Å². The molecule has 17 heavy (non-hydrogen) atoms. The summed E-state index contributed by atoms with van der Waals surface area (Å²) in [5.74, 6) is 1.08. The Bertz CT molecular complexity index is 472. The molecule has 0 amide bonds. The zero-order chi connectivity index (χ0) is 12.9. The Hall–Kier alpha value is -0.450. The van der Waals surface area contributed by atoms with Gasteiger partial charge in [-0.05, 0) is 24.6 Å². The molecule has 0 aromatic heterocycles. The Morgan fingerprint density at radius 1 is 1.35 bits per heavy atom. The quantitative estimate of drug-likeness (QED) is 0.599. The fraction of sp³-hybridized carbons (Fsp3) is 0.455. The van der Waals surface area contributed by atoms with Gasteiger partial charge in [0.15, 0.2) is 0 Å². The van der Waals surface area contributed by atoms with Gasteiger partial charge in [0.25, 0.3) is 0 Å². The minimum absolute atomic E-state index is 0.122. The van der Waals surface area contributed by atoms with Crippen molar-refractivity contribution in [3.05, 3.63) is 28.8 Å². The van der Waals surface area contributed by atoms with Crippen molar-refractivity contribution in [1.82, 2.24) is 0 Å². The summed E-state index contributed by atoms with van der Waals surface area (Å²) in [5, 5.41) is 0.601. The minimum Gasteiger partial charge on any atom is -0.493 e. The molecule has 0 N–H and O–H groups in total. The van der Waals surface area contributed by atoms with E-state index in [1.807, 2.05) is 0 Å². The molecule has 0 atom stereocenters. The summed E-state index contributed by atoms with van der Waals surface area (Å²) in [6, 6.07) is 5.18. The van der Waals surface area contributed by atoms with Crippen LogP contribution in [0.3, 0.4) is 0 Å². The van der Waals surface area contributed by atoms with Crippen molar-refractivity contribution in [3.8, 4) is 5.75 Å². The van der Waals surface area contributed by atoms with E-state index in [9.17, 15) is 8.42 Å². The van der Waals surface area contributed by atoms with E-state index < -0.39 is 9.84 Å². The standard InChI is InChI=1S/C11H14Cl2O3S/c1-17(14,15)6-2-5-16-11-4-3-10(13)7-9(11)8-12/h3-4,7H,2,5-6,8H2,1H3. The lowest BCUT2D eigenvalue weighted by atomic mass is 10.2. The number of sulfone groups is 1. The van der Waals surface area contributed by atoms with Crippen LogP contribution in [0.2, 0.25) is 5.02 Å². The van der Waals surface area contributed by atoms with E-state index in [4.69, 9.17) is 27.9 Å². The number of halogens is 2. The predicted molar refractivity (Wildman–Crippen MR) is 70.8 cm³/mol. The Morgan fingerprint density at radius 3 is 2.65 bits per heavy atom. The van der Waals surface area contributed by atoms with E-state index in [0.717, 1.165) is 5.56 Å². The highest BCUT2D eigenvalue weighted by Gasteiger charge is 2.05. The van der Waals surface area contributed by atoms with Crippen LogP contribution in [0.1, 0.15) is 12.0 Å². The topological polar surface area (TPSA) is 43.4 Å². The van der Waals surface area contributed by atoms with E-state index in [-0.39, 0.29) is 5.75 Å². The second kappa shape index (κ2) is 6.47. The van der Waals surface area contributed by atoms with Crippen molar-refractivity contribution in [1.29, 1.82) is 0 Å².